The van der Waals surface area contributed by atoms with E-state index in [1.165, 1.54) is 6.92 Å². The lowest BCUT2D eigenvalue weighted by Gasteiger charge is -2.14. The highest BCUT2D eigenvalue weighted by atomic mass is 16.1. The molecular weight excluding hydrogens is 354 g/mol. The third-order valence-corrected chi connectivity index (χ3v) is 4.83. The maximum Gasteiger partial charge on any atom is 0.222 e. The number of aromatic nitrogens is 4. The van der Waals surface area contributed by atoms with E-state index in [2.05, 4.69) is 20.6 Å². The Hall–Kier alpha value is -3.22. The first-order valence-corrected chi connectivity index (χ1v) is 9.29. The van der Waals surface area contributed by atoms with Crippen molar-refractivity contribution < 1.29 is 9.59 Å². The Labute approximate surface area is 164 Å². The highest BCUT2D eigenvalue weighted by molar-refractivity contribution is 5.96. The van der Waals surface area contributed by atoms with Crippen molar-refractivity contribution in [3.63, 3.8) is 0 Å². The van der Waals surface area contributed by atoms with Gasteiger partial charge in [-0.2, -0.15) is 10.2 Å². The van der Waals surface area contributed by atoms with Gasteiger partial charge in [-0.1, -0.05) is 30.3 Å². The Morgan fingerprint density at radius 3 is 2.57 bits per heavy atom. The van der Waals surface area contributed by atoms with Gasteiger partial charge in [0.15, 0.2) is 5.78 Å². The van der Waals surface area contributed by atoms with E-state index >= 15 is 0 Å². The van der Waals surface area contributed by atoms with Crippen molar-refractivity contribution in [2.24, 2.45) is 0 Å². The fourth-order valence-corrected chi connectivity index (χ4v) is 3.52. The number of hydrogen-bond acceptors (Lipinski definition) is 4. The maximum atomic E-state index is 12.5. The monoisotopic (exact) mass is 379 g/mol. The van der Waals surface area contributed by atoms with Gasteiger partial charge in [-0.05, 0) is 33.3 Å². The summed E-state index contributed by atoms with van der Waals surface area (Å²) in [7, 11) is 0. The van der Waals surface area contributed by atoms with Crippen LogP contribution < -0.4 is 5.32 Å². The molecule has 0 unspecified atom stereocenters. The quantitative estimate of drug-likeness (QED) is 0.616. The third kappa shape index (κ3) is 4.03. The molecule has 0 aliphatic heterocycles. The Morgan fingerprint density at radius 2 is 1.93 bits per heavy atom. The lowest BCUT2D eigenvalue weighted by atomic mass is 10.1. The molecule has 1 amide bonds. The normalized spacial score (nSPS) is 12.0. The van der Waals surface area contributed by atoms with Gasteiger partial charge < -0.3 is 5.32 Å². The molecule has 2 N–H and O–H groups in total. The van der Waals surface area contributed by atoms with Gasteiger partial charge in [0.05, 0.1) is 29.2 Å². The average molecular weight is 379 g/mol. The highest BCUT2D eigenvalue weighted by Crippen LogP contribution is 2.22. The molecule has 146 valence electrons. The van der Waals surface area contributed by atoms with Crippen molar-refractivity contribution >= 4 is 11.7 Å². The standard InChI is InChI=1S/C21H25N5O2/c1-13(26-15(3)20(16(4)27)14(2)25-26)10-19(28)22-11-18-12-23-24-21(18)17-8-6-5-7-9-17/h5-9,12-13H,10-11H2,1-4H3,(H,22,28)(H,23,24)/t13-/m1/s1. The van der Waals surface area contributed by atoms with E-state index in [1.807, 2.05) is 51.1 Å². The molecule has 7 heteroatoms. The van der Waals surface area contributed by atoms with Crippen LogP contribution in [0.1, 0.15) is 53.6 Å². The molecular formula is C21H25N5O2. The largest absolute Gasteiger partial charge is 0.352 e. The SMILES string of the molecule is CC(=O)c1c(C)nn([C@H](C)CC(=O)NCc2cn[nH]c2-c2ccccc2)c1C. The zero-order valence-corrected chi connectivity index (χ0v) is 16.6. The summed E-state index contributed by atoms with van der Waals surface area (Å²) in [6, 6.07) is 9.73. The van der Waals surface area contributed by atoms with Crippen LogP contribution in [0.5, 0.6) is 0 Å². The predicted octanol–water partition coefficient (Wildman–Crippen LogP) is 3.36. The number of hydrogen-bond donors (Lipinski definition) is 2. The van der Waals surface area contributed by atoms with Crippen LogP contribution in [0.3, 0.4) is 0 Å². The highest BCUT2D eigenvalue weighted by Gasteiger charge is 2.20. The molecule has 0 spiro atoms. The van der Waals surface area contributed by atoms with E-state index in [0.29, 0.717) is 17.8 Å². The Kier molecular flexibility index (Phi) is 5.73. The van der Waals surface area contributed by atoms with Crippen molar-refractivity contribution in [2.45, 2.75) is 46.7 Å². The number of rotatable bonds is 7. The first-order chi connectivity index (χ1) is 13.4. The zero-order chi connectivity index (χ0) is 20.3. The van der Waals surface area contributed by atoms with Crippen LogP contribution in [0.2, 0.25) is 0 Å². The molecule has 0 saturated carbocycles. The summed E-state index contributed by atoms with van der Waals surface area (Å²) in [5.74, 6) is -0.0871. The van der Waals surface area contributed by atoms with Crippen molar-refractivity contribution in [3.8, 4) is 11.3 Å². The molecule has 0 saturated heterocycles. The Balaban J connectivity index is 1.64. The molecule has 2 aromatic heterocycles. The molecule has 3 rings (SSSR count). The van der Waals surface area contributed by atoms with E-state index < -0.39 is 0 Å². The van der Waals surface area contributed by atoms with E-state index in [0.717, 1.165) is 22.5 Å². The minimum absolute atomic E-state index is 0.00805. The van der Waals surface area contributed by atoms with Crippen molar-refractivity contribution in [1.82, 2.24) is 25.3 Å². The minimum atomic E-state index is -0.148. The summed E-state index contributed by atoms with van der Waals surface area (Å²) in [6.45, 7) is 7.53. The molecule has 2 heterocycles. The minimum Gasteiger partial charge on any atom is -0.352 e. The van der Waals surface area contributed by atoms with Crippen molar-refractivity contribution in [1.29, 1.82) is 0 Å². The predicted molar refractivity (Wildman–Crippen MR) is 107 cm³/mol. The summed E-state index contributed by atoms with van der Waals surface area (Å²) in [5, 5.41) is 14.5. The molecule has 1 atom stereocenters. The molecule has 28 heavy (non-hydrogen) atoms. The van der Waals surface area contributed by atoms with Crippen LogP contribution in [0.4, 0.5) is 0 Å². The number of aromatic amines is 1. The molecule has 0 fully saturated rings. The summed E-state index contributed by atoms with van der Waals surface area (Å²) >= 11 is 0. The smallest absolute Gasteiger partial charge is 0.222 e. The van der Waals surface area contributed by atoms with Crippen LogP contribution in [0.15, 0.2) is 36.5 Å². The van der Waals surface area contributed by atoms with E-state index in [9.17, 15) is 9.59 Å². The van der Waals surface area contributed by atoms with Gasteiger partial charge in [-0.25, -0.2) is 0 Å². The van der Waals surface area contributed by atoms with Gasteiger partial charge in [0.1, 0.15) is 0 Å². The van der Waals surface area contributed by atoms with E-state index in [1.54, 1.807) is 10.9 Å². The summed E-state index contributed by atoms with van der Waals surface area (Å²) < 4.78 is 1.76. The number of benzene rings is 1. The first-order valence-electron chi connectivity index (χ1n) is 9.29. The number of ketones is 1. The molecule has 7 nitrogen and oxygen atoms in total. The summed E-state index contributed by atoms with van der Waals surface area (Å²) in [5.41, 5.74) is 4.99. The number of H-pyrrole nitrogens is 1. The molecule has 3 aromatic rings. The maximum absolute atomic E-state index is 12.5. The molecule has 0 aliphatic rings. The van der Waals surface area contributed by atoms with Gasteiger partial charge in [-0.3, -0.25) is 19.4 Å². The topological polar surface area (TPSA) is 92.7 Å². The van der Waals surface area contributed by atoms with Gasteiger partial charge >= 0.3 is 0 Å². The number of carbonyl (C=O) groups excluding carboxylic acids is 2. The van der Waals surface area contributed by atoms with E-state index in [4.69, 9.17) is 0 Å². The fraction of sp³-hybridized carbons (Fsp3) is 0.333. The summed E-state index contributed by atoms with van der Waals surface area (Å²) in [4.78, 5) is 24.2. The molecule has 0 bridgehead atoms. The number of nitrogens with one attached hydrogen (secondary N) is 2. The lowest BCUT2D eigenvalue weighted by Crippen LogP contribution is -2.26. The van der Waals surface area contributed by atoms with Gasteiger partial charge in [-0.15, -0.1) is 0 Å². The summed E-state index contributed by atoms with van der Waals surface area (Å²) in [6.07, 6.45) is 2.00. The van der Waals surface area contributed by atoms with Crippen LogP contribution in [-0.2, 0) is 11.3 Å². The Morgan fingerprint density at radius 1 is 1.21 bits per heavy atom. The van der Waals surface area contributed by atoms with Gasteiger partial charge in [0, 0.05) is 24.2 Å². The fourth-order valence-electron chi connectivity index (χ4n) is 3.52. The second-order valence-electron chi connectivity index (χ2n) is 7.01. The molecule has 1 aromatic carbocycles. The third-order valence-electron chi connectivity index (χ3n) is 4.83. The Bertz CT molecular complexity index is 988. The lowest BCUT2D eigenvalue weighted by molar-refractivity contribution is -0.122. The van der Waals surface area contributed by atoms with Crippen LogP contribution in [0.25, 0.3) is 11.3 Å². The first kappa shape index (κ1) is 19.5. The second kappa shape index (κ2) is 8.21. The zero-order valence-electron chi connectivity index (χ0n) is 16.6. The van der Waals surface area contributed by atoms with Crippen LogP contribution in [-0.4, -0.2) is 31.7 Å². The number of carbonyl (C=O) groups is 2. The molecule has 0 radical (unpaired) electrons. The number of Topliss-reactive ketones (excluding diaryl/α,β-unsaturated/α-hetero) is 1. The van der Waals surface area contributed by atoms with Crippen molar-refractivity contribution in [2.75, 3.05) is 0 Å². The van der Waals surface area contributed by atoms with Crippen molar-refractivity contribution in [3.05, 3.63) is 59.0 Å². The van der Waals surface area contributed by atoms with Crippen LogP contribution >= 0.6 is 0 Å². The average Bonchev–Trinajstić information content (AvgIpc) is 3.24. The molecule has 0 aliphatic carbocycles. The number of nitrogens with zero attached hydrogens (tertiary/aromatic N) is 3. The second-order valence-corrected chi connectivity index (χ2v) is 7.01. The van der Waals surface area contributed by atoms with Gasteiger partial charge in [0.2, 0.25) is 5.91 Å². The van der Waals surface area contributed by atoms with E-state index in [-0.39, 0.29) is 24.2 Å². The number of aryl methyl sites for hydroxylation is 1. The van der Waals surface area contributed by atoms with Gasteiger partial charge in [0.25, 0.3) is 0 Å². The number of amides is 1. The van der Waals surface area contributed by atoms with Crippen LogP contribution in [0, 0.1) is 13.8 Å².